The van der Waals surface area contributed by atoms with Crippen molar-refractivity contribution in [3.05, 3.63) is 51.1 Å². The number of methoxy groups -OCH3 is 1. The van der Waals surface area contributed by atoms with Crippen LogP contribution in [0.3, 0.4) is 0 Å². The Balaban J connectivity index is 2.07. The maximum atomic E-state index is 12.1. The minimum Gasteiger partial charge on any atom is -0.501 e. The van der Waals surface area contributed by atoms with Crippen molar-refractivity contribution < 1.29 is 9.53 Å². The maximum Gasteiger partial charge on any atom is 0.177 e. The number of rotatable bonds is 1. The summed E-state index contributed by atoms with van der Waals surface area (Å²) in [6.45, 7) is 0. The van der Waals surface area contributed by atoms with E-state index in [0.29, 0.717) is 12.8 Å². The van der Waals surface area contributed by atoms with Crippen LogP contribution in [0.5, 0.6) is 0 Å². The molecular formula is C14H11ClO2S. The van der Waals surface area contributed by atoms with Crippen LogP contribution in [0.25, 0.3) is 0 Å². The molecule has 4 heteroatoms. The highest BCUT2D eigenvalue weighted by Gasteiger charge is 2.28. The molecule has 0 saturated heterocycles. The number of hydrogen-bond acceptors (Lipinski definition) is 3. The number of hydrogen-bond donors (Lipinski definition) is 0. The van der Waals surface area contributed by atoms with Crippen LogP contribution < -0.4 is 0 Å². The second-order valence-electron chi connectivity index (χ2n) is 4.26. The molecule has 0 aromatic heterocycles. The molecule has 2 aliphatic rings. The third-order valence-corrected chi connectivity index (χ3v) is 4.78. The summed E-state index contributed by atoms with van der Waals surface area (Å²) in [5.41, 5.74) is 2.12. The number of halogens is 1. The lowest BCUT2D eigenvalue weighted by atomic mass is 9.97. The van der Waals surface area contributed by atoms with Crippen molar-refractivity contribution in [2.75, 3.05) is 7.11 Å². The Morgan fingerprint density at radius 3 is 2.94 bits per heavy atom. The van der Waals surface area contributed by atoms with Crippen LogP contribution in [-0.4, -0.2) is 12.9 Å². The Kier molecular flexibility index (Phi) is 2.96. The number of carbonyl (C=O) groups excluding carboxylic acids is 1. The molecule has 1 heterocycles. The fraction of sp³-hybridized carbons (Fsp3) is 0.214. The summed E-state index contributed by atoms with van der Waals surface area (Å²) in [5, 5.41) is 0.761. The van der Waals surface area contributed by atoms with Gasteiger partial charge in [-0.3, -0.25) is 4.79 Å². The fourth-order valence-electron chi connectivity index (χ4n) is 2.22. The van der Waals surface area contributed by atoms with Gasteiger partial charge in [-0.2, -0.15) is 0 Å². The molecule has 0 saturated carbocycles. The molecule has 92 valence electrons. The van der Waals surface area contributed by atoms with E-state index in [0.717, 1.165) is 31.7 Å². The van der Waals surface area contributed by atoms with Crippen LogP contribution in [-0.2, 0) is 16.0 Å². The maximum absolute atomic E-state index is 12.1. The number of benzene rings is 1. The van der Waals surface area contributed by atoms with Crippen molar-refractivity contribution in [2.24, 2.45) is 0 Å². The predicted octanol–water partition coefficient (Wildman–Crippen LogP) is 3.75. The SMILES string of the molecule is COC1=CC2=C(Sc3cccc(Cl)c3C2)C(=O)C1. The number of allylic oxidation sites excluding steroid dienone is 4. The van der Waals surface area contributed by atoms with Gasteiger partial charge >= 0.3 is 0 Å². The summed E-state index contributed by atoms with van der Waals surface area (Å²) in [4.78, 5) is 14.0. The molecule has 1 aromatic rings. The molecule has 2 nitrogen and oxygen atoms in total. The monoisotopic (exact) mass is 278 g/mol. The van der Waals surface area contributed by atoms with E-state index in [1.807, 2.05) is 24.3 Å². The molecule has 1 aromatic carbocycles. The van der Waals surface area contributed by atoms with Crippen molar-refractivity contribution in [1.29, 1.82) is 0 Å². The van der Waals surface area contributed by atoms with Crippen LogP contribution in [0.1, 0.15) is 12.0 Å². The second-order valence-corrected chi connectivity index (χ2v) is 5.72. The molecule has 0 radical (unpaired) electrons. The quantitative estimate of drug-likeness (QED) is 0.783. The molecule has 0 spiro atoms. The summed E-state index contributed by atoms with van der Waals surface area (Å²) in [6, 6.07) is 5.82. The summed E-state index contributed by atoms with van der Waals surface area (Å²) in [6.07, 6.45) is 3.03. The zero-order valence-electron chi connectivity index (χ0n) is 9.83. The highest BCUT2D eigenvalue weighted by atomic mass is 35.5. The normalized spacial score (nSPS) is 18.1. The zero-order chi connectivity index (χ0) is 12.7. The van der Waals surface area contributed by atoms with Crippen molar-refractivity contribution >= 4 is 29.1 Å². The first-order chi connectivity index (χ1) is 8.69. The van der Waals surface area contributed by atoms with Gasteiger partial charge in [-0.15, -0.1) is 0 Å². The summed E-state index contributed by atoms with van der Waals surface area (Å²) < 4.78 is 5.19. The van der Waals surface area contributed by atoms with E-state index in [4.69, 9.17) is 16.3 Å². The van der Waals surface area contributed by atoms with Crippen LogP contribution in [0.2, 0.25) is 5.02 Å². The van der Waals surface area contributed by atoms with Gasteiger partial charge in [0, 0.05) is 16.3 Å². The molecule has 0 fully saturated rings. The number of Topliss-reactive ketones (excluding diaryl/α,β-unsaturated/α-hetero) is 1. The van der Waals surface area contributed by atoms with Crippen LogP contribution in [0.4, 0.5) is 0 Å². The summed E-state index contributed by atoms with van der Waals surface area (Å²) >= 11 is 7.73. The first kappa shape index (κ1) is 11.9. The van der Waals surface area contributed by atoms with Gasteiger partial charge in [-0.05, 0) is 29.3 Å². The Hall–Kier alpha value is -1.19. The Morgan fingerprint density at radius 1 is 1.33 bits per heavy atom. The lowest BCUT2D eigenvalue weighted by molar-refractivity contribution is -0.115. The largest absolute Gasteiger partial charge is 0.501 e. The average molecular weight is 279 g/mol. The average Bonchev–Trinajstić information content (AvgIpc) is 2.38. The van der Waals surface area contributed by atoms with E-state index in [-0.39, 0.29) is 5.78 Å². The third-order valence-electron chi connectivity index (χ3n) is 3.13. The Morgan fingerprint density at radius 2 is 2.17 bits per heavy atom. The van der Waals surface area contributed by atoms with Gasteiger partial charge < -0.3 is 4.74 Å². The van der Waals surface area contributed by atoms with E-state index >= 15 is 0 Å². The van der Waals surface area contributed by atoms with E-state index in [2.05, 4.69) is 0 Å². The molecule has 1 aliphatic heterocycles. The van der Waals surface area contributed by atoms with Crippen molar-refractivity contribution in [3.8, 4) is 0 Å². The lowest BCUT2D eigenvalue weighted by Gasteiger charge is -2.24. The standard InChI is InChI=1S/C14H11ClO2S/c1-17-9-5-8-6-10-11(15)3-2-4-13(10)18-14(8)12(16)7-9/h2-5H,6-7H2,1H3. The zero-order valence-corrected chi connectivity index (χ0v) is 11.4. The van der Waals surface area contributed by atoms with E-state index in [1.165, 1.54) is 11.8 Å². The number of thioether (sulfide) groups is 1. The van der Waals surface area contributed by atoms with Gasteiger partial charge in [0.05, 0.1) is 18.4 Å². The smallest absolute Gasteiger partial charge is 0.177 e. The molecule has 0 bridgehead atoms. The number of ketones is 1. The highest BCUT2D eigenvalue weighted by Crippen LogP contribution is 2.44. The van der Waals surface area contributed by atoms with Crippen molar-refractivity contribution in [2.45, 2.75) is 17.7 Å². The molecule has 0 atom stereocenters. The van der Waals surface area contributed by atoms with Crippen LogP contribution in [0, 0.1) is 0 Å². The van der Waals surface area contributed by atoms with Gasteiger partial charge in [0.15, 0.2) is 5.78 Å². The molecular weight excluding hydrogens is 268 g/mol. The summed E-state index contributed by atoms with van der Waals surface area (Å²) in [5.74, 6) is 0.870. The second kappa shape index (κ2) is 4.48. The number of fused-ring (bicyclic) bond motifs is 1. The van der Waals surface area contributed by atoms with Gasteiger partial charge in [-0.25, -0.2) is 0 Å². The van der Waals surface area contributed by atoms with Gasteiger partial charge in [0.1, 0.15) is 5.76 Å². The first-order valence-corrected chi connectivity index (χ1v) is 6.84. The molecule has 18 heavy (non-hydrogen) atoms. The Labute approximate surface area is 115 Å². The number of ether oxygens (including phenoxy) is 1. The van der Waals surface area contributed by atoms with E-state index < -0.39 is 0 Å². The van der Waals surface area contributed by atoms with Crippen LogP contribution in [0.15, 0.2) is 45.4 Å². The highest BCUT2D eigenvalue weighted by molar-refractivity contribution is 8.04. The minimum atomic E-state index is 0.139. The minimum absolute atomic E-state index is 0.139. The topological polar surface area (TPSA) is 26.3 Å². The molecule has 0 amide bonds. The van der Waals surface area contributed by atoms with E-state index in [1.54, 1.807) is 7.11 Å². The first-order valence-electron chi connectivity index (χ1n) is 5.65. The molecule has 3 rings (SSSR count). The van der Waals surface area contributed by atoms with Gasteiger partial charge in [0.2, 0.25) is 0 Å². The molecule has 0 N–H and O–H groups in total. The van der Waals surface area contributed by atoms with Crippen LogP contribution >= 0.6 is 23.4 Å². The third kappa shape index (κ3) is 1.88. The lowest BCUT2D eigenvalue weighted by Crippen LogP contribution is -2.15. The van der Waals surface area contributed by atoms with Gasteiger partial charge in [-0.1, -0.05) is 29.4 Å². The summed E-state index contributed by atoms with van der Waals surface area (Å²) in [7, 11) is 1.60. The van der Waals surface area contributed by atoms with Gasteiger partial charge in [0.25, 0.3) is 0 Å². The fourth-order valence-corrected chi connectivity index (χ4v) is 3.64. The number of carbonyl (C=O) groups is 1. The molecule has 0 unspecified atom stereocenters. The van der Waals surface area contributed by atoms with E-state index in [9.17, 15) is 4.79 Å². The predicted molar refractivity (Wildman–Crippen MR) is 72.8 cm³/mol. The Bertz CT molecular complexity index is 602. The van der Waals surface area contributed by atoms with Crippen molar-refractivity contribution in [1.82, 2.24) is 0 Å². The van der Waals surface area contributed by atoms with Crippen molar-refractivity contribution in [3.63, 3.8) is 0 Å². The molecule has 1 aliphatic carbocycles.